The summed E-state index contributed by atoms with van der Waals surface area (Å²) in [5, 5.41) is 6.83. The van der Waals surface area contributed by atoms with Crippen LogP contribution in [0, 0.1) is 6.92 Å². The summed E-state index contributed by atoms with van der Waals surface area (Å²) in [4.78, 5) is 9.28. The molecule has 126 valence electrons. The molecule has 0 fully saturated rings. The van der Waals surface area contributed by atoms with E-state index in [4.69, 9.17) is 21.3 Å². The number of rotatable bonds is 4. The number of ether oxygens (including phenoxy) is 1. The van der Waals surface area contributed by atoms with Gasteiger partial charge in [0.2, 0.25) is 0 Å². The minimum Gasteiger partial charge on any atom is -0.497 e. The number of aromatic nitrogens is 3. The monoisotopic (exact) mass is 370 g/mol. The van der Waals surface area contributed by atoms with Gasteiger partial charge in [-0.3, -0.25) is 4.40 Å². The smallest absolute Gasteiger partial charge is 0.187 e. The SMILES string of the molecule is COc1ccc(Nc2nc(-c3c(C)nc4cc(Cl)ccn34)cs2)cc1. The molecule has 3 heterocycles. The first-order chi connectivity index (χ1) is 12.1. The first-order valence-electron chi connectivity index (χ1n) is 7.65. The molecule has 4 aromatic rings. The molecular weight excluding hydrogens is 356 g/mol. The molecule has 7 heteroatoms. The molecule has 0 atom stereocenters. The van der Waals surface area contributed by atoms with Gasteiger partial charge in [-0.05, 0) is 37.3 Å². The van der Waals surface area contributed by atoms with E-state index in [1.165, 1.54) is 0 Å². The fourth-order valence-electron chi connectivity index (χ4n) is 2.68. The number of nitrogens with zero attached hydrogens (tertiary/aromatic N) is 3. The van der Waals surface area contributed by atoms with Crippen LogP contribution in [0.15, 0.2) is 48.0 Å². The molecule has 3 aromatic heterocycles. The molecule has 0 aliphatic carbocycles. The third kappa shape index (κ3) is 3.06. The van der Waals surface area contributed by atoms with E-state index in [2.05, 4.69) is 10.3 Å². The Hall–Kier alpha value is -2.57. The summed E-state index contributed by atoms with van der Waals surface area (Å²) in [5.41, 5.74) is 4.56. The van der Waals surface area contributed by atoms with Gasteiger partial charge in [0.25, 0.3) is 0 Å². The van der Waals surface area contributed by atoms with Crippen molar-refractivity contribution in [3.05, 3.63) is 58.7 Å². The first kappa shape index (κ1) is 15.9. The maximum atomic E-state index is 6.06. The summed E-state index contributed by atoms with van der Waals surface area (Å²) < 4.78 is 7.18. The van der Waals surface area contributed by atoms with E-state index in [0.29, 0.717) is 5.02 Å². The molecular formula is C18H15ClN4OS. The van der Waals surface area contributed by atoms with Crippen molar-refractivity contribution in [2.45, 2.75) is 6.92 Å². The van der Waals surface area contributed by atoms with Crippen LogP contribution in [0.4, 0.5) is 10.8 Å². The molecule has 0 amide bonds. The number of halogens is 1. The van der Waals surface area contributed by atoms with E-state index in [1.54, 1.807) is 18.4 Å². The highest BCUT2D eigenvalue weighted by atomic mass is 35.5. The van der Waals surface area contributed by atoms with Crippen LogP contribution in [-0.2, 0) is 0 Å². The van der Waals surface area contributed by atoms with Crippen LogP contribution in [0.5, 0.6) is 5.75 Å². The molecule has 0 aliphatic heterocycles. The van der Waals surface area contributed by atoms with Gasteiger partial charge in [0.15, 0.2) is 5.13 Å². The van der Waals surface area contributed by atoms with Crippen molar-refractivity contribution >= 4 is 39.4 Å². The number of hydrogen-bond donors (Lipinski definition) is 1. The molecule has 0 aliphatic rings. The Labute approximate surface area is 153 Å². The van der Waals surface area contributed by atoms with Crippen molar-refractivity contribution in [2.75, 3.05) is 12.4 Å². The molecule has 25 heavy (non-hydrogen) atoms. The summed E-state index contributed by atoms with van der Waals surface area (Å²) in [6.07, 6.45) is 1.92. The fraction of sp³-hybridized carbons (Fsp3) is 0.111. The molecule has 0 unspecified atom stereocenters. The summed E-state index contributed by atoms with van der Waals surface area (Å²) >= 11 is 7.61. The van der Waals surface area contributed by atoms with Crippen molar-refractivity contribution in [1.82, 2.24) is 14.4 Å². The molecule has 0 radical (unpaired) electrons. The van der Waals surface area contributed by atoms with E-state index in [9.17, 15) is 0 Å². The number of fused-ring (bicyclic) bond motifs is 1. The zero-order valence-electron chi connectivity index (χ0n) is 13.7. The largest absolute Gasteiger partial charge is 0.497 e. The van der Waals surface area contributed by atoms with Crippen molar-refractivity contribution < 1.29 is 4.74 Å². The highest BCUT2D eigenvalue weighted by Crippen LogP contribution is 2.30. The Morgan fingerprint density at radius 1 is 1.16 bits per heavy atom. The molecule has 4 rings (SSSR count). The van der Waals surface area contributed by atoms with E-state index in [0.717, 1.165) is 39.3 Å². The number of benzene rings is 1. The zero-order chi connectivity index (χ0) is 17.4. The van der Waals surface area contributed by atoms with Crippen LogP contribution in [0.3, 0.4) is 0 Å². The predicted octanol–water partition coefficient (Wildman–Crippen LogP) is 5.17. The number of pyridine rings is 1. The Morgan fingerprint density at radius 2 is 1.96 bits per heavy atom. The maximum absolute atomic E-state index is 6.06. The van der Waals surface area contributed by atoms with Crippen LogP contribution >= 0.6 is 22.9 Å². The van der Waals surface area contributed by atoms with Crippen LogP contribution in [0.2, 0.25) is 5.02 Å². The lowest BCUT2D eigenvalue weighted by Gasteiger charge is -2.04. The van der Waals surface area contributed by atoms with Gasteiger partial charge in [-0.25, -0.2) is 9.97 Å². The van der Waals surface area contributed by atoms with Gasteiger partial charge in [-0.2, -0.15) is 0 Å². The average Bonchev–Trinajstić information content (AvgIpc) is 3.18. The van der Waals surface area contributed by atoms with Gasteiger partial charge in [-0.1, -0.05) is 11.6 Å². The summed E-state index contributed by atoms with van der Waals surface area (Å²) in [6.45, 7) is 1.98. The fourth-order valence-corrected chi connectivity index (χ4v) is 3.55. The number of nitrogens with one attached hydrogen (secondary N) is 1. The molecule has 0 spiro atoms. The lowest BCUT2D eigenvalue weighted by molar-refractivity contribution is 0.415. The third-order valence-electron chi connectivity index (χ3n) is 3.85. The molecule has 0 saturated carbocycles. The second-order valence-corrected chi connectivity index (χ2v) is 6.80. The Bertz CT molecular complexity index is 1040. The molecule has 1 N–H and O–H groups in total. The lowest BCUT2D eigenvalue weighted by Crippen LogP contribution is -1.92. The Balaban J connectivity index is 1.66. The van der Waals surface area contributed by atoms with Crippen LogP contribution in [0.25, 0.3) is 17.0 Å². The highest BCUT2D eigenvalue weighted by molar-refractivity contribution is 7.14. The number of methoxy groups -OCH3 is 1. The van der Waals surface area contributed by atoms with E-state index < -0.39 is 0 Å². The highest BCUT2D eigenvalue weighted by Gasteiger charge is 2.14. The zero-order valence-corrected chi connectivity index (χ0v) is 15.2. The normalized spacial score (nSPS) is 11.0. The lowest BCUT2D eigenvalue weighted by atomic mass is 10.3. The molecule has 5 nitrogen and oxygen atoms in total. The second kappa shape index (κ2) is 6.38. The minimum absolute atomic E-state index is 0.671. The van der Waals surface area contributed by atoms with Crippen molar-refractivity contribution in [2.24, 2.45) is 0 Å². The first-order valence-corrected chi connectivity index (χ1v) is 8.91. The van der Waals surface area contributed by atoms with E-state index >= 15 is 0 Å². The van der Waals surface area contributed by atoms with Gasteiger partial charge in [0.05, 0.1) is 18.5 Å². The number of thiazole rings is 1. The van der Waals surface area contributed by atoms with Crippen molar-refractivity contribution in [1.29, 1.82) is 0 Å². The number of hydrogen-bond acceptors (Lipinski definition) is 5. The average molecular weight is 371 g/mol. The minimum atomic E-state index is 0.671. The van der Waals surface area contributed by atoms with Crippen molar-refractivity contribution in [3.8, 4) is 17.1 Å². The van der Waals surface area contributed by atoms with Gasteiger partial charge in [-0.15, -0.1) is 11.3 Å². The Kier molecular flexibility index (Phi) is 4.07. The maximum Gasteiger partial charge on any atom is 0.187 e. The van der Waals surface area contributed by atoms with Crippen molar-refractivity contribution in [3.63, 3.8) is 0 Å². The quantitative estimate of drug-likeness (QED) is 0.538. The van der Waals surface area contributed by atoms with Crippen LogP contribution < -0.4 is 10.1 Å². The standard InChI is InChI=1S/C18H15ClN4OS/c1-11-17(23-8-7-12(19)9-16(23)20-11)15-10-25-18(22-15)21-13-3-5-14(24-2)6-4-13/h3-10H,1-2H3,(H,21,22). The Morgan fingerprint density at radius 3 is 2.72 bits per heavy atom. The summed E-state index contributed by atoms with van der Waals surface area (Å²) in [7, 11) is 1.65. The summed E-state index contributed by atoms with van der Waals surface area (Å²) in [5.74, 6) is 0.824. The van der Waals surface area contributed by atoms with Gasteiger partial charge in [0.1, 0.15) is 17.1 Å². The second-order valence-electron chi connectivity index (χ2n) is 5.51. The van der Waals surface area contributed by atoms with Crippen LogP contribution in [0.1, 0.15) is 5.69 Å². The molecule has 0 saturated heterocycles. The molecule has 0 bridgehead atoms. The van der Waals surface area contributed by atoms with Crippen LogP contribution in [-0.4, -0.2) is 21.5 Å². The van der Waals surface area contributed by atoms with Gasteiger partial charge in [0, 0.05) is 28.4 Å². The number of anilines is 2. The number of imidazole rings is 1. The van der Waals surface area contributed by atoms with Gasteiger partial charge >= 0.3 is 0 Å². The molecule has 1 aromatic carbocycles. The summed E-state index contributed by atoms with van der Waals surface area (Å²) in [6, 6.07) is 11.4. The topological polar surface area (TPSA) is 51.5 Å². The van der Waals surface area contributed by atoms with E-state index in [-0.39, 0.29) is 0 Å². The van der Waals surface area contributed by atoms with E-state index in [1.807, 2.05) is 59.3 Å². The third-order valence-corrected chi connectivity index (χ3v) is 4.84. The van der Waals surface area contributed by atoms with Gasteiger partial charge < -0.3 is 10.1 Å². The number of aryl methyl sites for hydroxylation is 1. The predicted molar refractivity (Wildman–Crippen MR) is 102 cm³/mol.